The van der Waals surface area contributed by atoms with Crippen LogP contribution in [0.3, 0.4) is 0 Å². The molecule has 1 aromatic heterocycles. The zero-order valence-corrected chi connectivity index (χ0v) is 12.8. The molecule has 0 spiro atoms. The number of hydrogen-bond acceptors (Lipinski definition) is 6. The van der Waals surface area contributed by atoms with Crippen molar-refractivity contribution in [3.63, 3.8) is 0 Å². The van der Waals surface area contributed by atoms with E-state index in [2.05, 4.69) is 34.3 Å². The predicted octanol–water partition coefficient (Wildman–Crippen LogP) is 2.44. The molecule has 20 heavy (non-hydrogen) atoms. The Bertz CT molecular complexity index is 441. The molecule has 2 heterocycles. The minimum absolute atomic E-state index is 0.0351. The van der Waals surface area contributed by atoms with Crippen LogP contribution in [0.15, 0.2) is 6.33 Å². The third-order valence-corrected chi connectivity index (χ3v) is 3.62. The van der Waals surface area contributed by atoms with E-state index in [-0.39, 0.29) is 6.10 Å². The molecule has 1 aliphatic rings. The number of anilines is 2. The fourth-order valence-electron chi connectivity index (χ4n) is 2.55. The SMILES string of the molecule is CC(C)Oc1ncnc(NN2C(C)CCCC2C)c1N. The maximum atomic E-state index is 6.10. The van der Waals surface area contributed by atoms with Crippen molar-refractivity contribution < 1.29 is 4.74 Å². The van der Waals surface area contributed by atoms with Crippen LogP contribution in [0.2, 0.25) is 0 Å². The van der Waals surface area contributed by atoms with Gasteiger partial charge in [-0.05, 0) is 40.5 Å². The van der Waals surface area contributed by atoms with E-state index < -0.39 is 0 Å². The third kappa shape index (κ3) is 3.30. The van der Waals surface area contributed by atoms with E-state index in [1.165, 1.54) is 25.6 Å². The van der Waals surface area contributed by atoms with Crippen molar-refractivity contribution in [3.8, 4) is 5.88 Å². The molecule has 0 aliphatic carbocycles. The summed E-state index contributed by atoms with van der Waals surface area (Å²) < 4.78 is 5.59. The van der Waals surface area contributed by atoms with E-state index in [1.807, 2.05) is 13.8 Å². The van der Waals surface area contributed by atoms with Crippen LogP contribution in [0, 0.1) is 0 Å². The number of nitrogens with two attached hydrogens (primary N) is 1. The summed E-state index contributed by atoms with van der Waals surface area (Å²) in [6.07, 6.45) is 5.14. The number of hydrogen-bond donors (Lipinski definition) is 2. The summed E-state index contributed by atoms with van der Waals surface area (Å²) in [5.74, 6) is 1.06. The zero-order valence-electron chi connectivity index (χ0n) is 12.8. The number of nitrogens with one attached hydrogen (secondary N) is 1. The summed E-state index contributed by atoms with van der Waals surface area (Å²) in [6, 6.07) is 0.921. The van der Waals surface area contributed by atoms with E-state index in [1.54, 1.807) is 0 Å². The Balaban J connectivity index is 2.16. The molecule has 1 aromatic rings. The van der Waals surface area contributed by atoms with Gasteiger partial charge in [0.05, 0.1) is 6.10 Å². The second-order valence-electron chi connectivity index (χ2n) is 5.76. The maximum absolute atomic E-state index is 6.10. The van der Waals surface area contributed by atoms with Crippen molar-refractivity contribution in [2.24, 2.45) is 0 Å². The summed E-state index contributed by atoms with van der Waals surface area (Å²) in [7, 11) is 0. The van der Waals surface area contributed by atoms with E-state index in [0.29, 0.717) is 29.5 Å². The zero-order chi connectivity index (χ0) is 14.7. The minimum Gasteiger partial charge on any atom is -0.473 e. The second-order valence-corrected chi connectivity index (χ2v) is 5.76. The Labute approximate surface area is 120 Å². The lowest BCUT2D eigenvalue weighted by atomic mass is 10.00. The third-order valence-electron chi connectivity index (χ3n) is 3.62. The lowest BCUT2D eigenvalue weighted by Crippen LogP contribution is -2.47. The smallest absolute Gasteiger partial charge is 0.242 e. The monoisotopic (exact) mass is 279 g/mol. The number of hydrazine groups is 1. The lowest BCUT2D eigenvalue weighted by molar-refractivity contribution is 0.135. The van der Waals surface area contributed by atoms with Crippen LogP contribution in [-0.2, 0) is 0 Å². The molecule has 0 amide bonds. The summed E-state index contributed by atoms with van der Waals surface area (Å²) in [5.41, 5.74) is 9.90. The summed E-state index contributed by atoms with van der Waals surface area (Å²) in [4.78, 5) is 8.33. The van der Waals surface area contributed by atoms with Gasteiger partial charge in [-0.15, -0.1) is 0 Å². The Kier molecular flexibility index (Phi) is 4.65. The van der Waals surface area contributed by atoms with Crippen LogP contribution in [0.4, 0.5) is 11.5 Å². The molecule has 1 saturated heterocycles. The van der Waals surface area contributed by atoms with Crippen LogP contribution in [-0.4, -0.2) is 33.2 Å². The van der Waals surface area contributed by atoms with Crippen LogP contribution in [0.1, 0.15) is 47.0 Å². The van der Waals surface area contributed by atoms with Gasteiger partial charge in [0, 0.05) is 12.1 Å². The number of ether oxygens (including phenoxy) is 1. The topological polar surface area (TPSA) is 76.3 Å². The summed E-state index contributed by atoms with van der Waals surface area (Å²) in [6.45, 7) is 8.32. The molecule has 2 unspecified atom stereocenters. The maximum Gasteiger partial charge on any atom is 0.242 e. The molecular weight excluding hydrogens is 254 g/mol. The molecule has 0 aromatic carbocycles. The Morgan fingerprint density at radius 3 is 2.55 bits per heavy atom. The van der Waals surface area contributed by atoms with Gasteiger partial charge in [0.15, 0.2) is 5.82 Å². The van der Waals surface area contributed by atoms with E-state index in [4.69, 9.17) is 10.5 Å². The van der Waals surface area contributed by atoms with Gasteiger partial charge < -0.3 is 15.9 Å². The highest BCUT2D eigenvalue weighted by molar-refractivity contribution is 5.66. The van der Waals surface area contributed by atoms with Crippen LogP contribution >= 0.6 is 0 Å². The highest BCUT2D eigenvalue weighted by Gasteiger charge is 2.26. The first kappa shape index (κ1) is 14.8. The van der Waals surface area contributed by atoms with Crippen LogP contribution in [0.5, 0.6) is 5.88 Å². The van der Waals surface area contributed by atoms with Crippen molar-refractivity contribution in [2.45, 2.75) is 65.1 Å². The van der Waals surface area contributed by atoms with Gasteiger partial charge in [0.2, 0.25) is 5.88 Å². The first-order chi connectivity index (χ1) is 9.49. The van der Waals surface area contributed by atoms with Crippen molar-refractivity contribution in [2.75, 3.05) is 11.2 Å². The Morgan fingerprint density at radius 2 is 1.95 bits per heavy atom. The Morgan fingerprint density at radius 1 is 1.30 bits per heavy atom. The first-order valence-electron chi connectivity index (χ1n) is 7.31. The summed E-state index contributed by atoms with van der Waals surface area (Å²) in [5, 5.41) is 2.22. The quantitative estimate of drug-likeness (QED) is 0.881. The van der Waals surface area contributed by atoms with E-state index in [0.717, 1.165) is 0 Å². The molecule has 112 valence electrons. The predicted molar refractivity (Wildman–Crippen MR) is 80.4 cm³/mol. The van der Waals surface area contributed by atoms with Gasteiger partial charge in [0.1, 0.15) is 12.0 Å². The van der Waals surface area contributed by atoms with Gasteiger partial charge in [-0.25, -0.2) is 9.99 Å². The van der Waals surface area contributed by atoms with Gasteiger partial charge >= 0.3 is 0 Å². The molecule has 6 heteroatoms. The highest BCUT2D eigenvalue weighted by atomic mass is 16.5. The molecule has 6 nitrogen and oxygen atoms in total. The largest absolute Gasteiger partial charge is 0.473 e. The second kappa shape index (κ2) is 6.26. The standard InChI is InChI=1S/C14H25N5O/c1-9(2)20-14-12(15)13(16-8-17-14)18-19-10(3)6-5-7-11(19)4/h8-11H,5-7,15H2,1-4H3,(H,16,17,18). The molecule has 1 fully saturated rings. The van der Waals surface area contributed by atoms with Gasteiger partial charge in [-0.2, -0.15) is 4.98 Å². The molecular formula is C14H25N5O. The number of rotatable bonds is 4. The first-order valence-corrected chi connectivity index (χ1v) is 7.31. The normalized spacial score (nSPS) is 23.9. The van der Waals surface area contributed by atoms with Gasteiger partial charge in [0.25, 0.3) is 0 Å². The van der Waals surface area contributed by atoms with Gasteiger partial charge in [-0.3, -0.25) is 0 Å². The highest BCUT2D eigenvalue weighted by Crippen LogP contribution is 2.29. The molecule has 0 saturated carbocycles. The fourth-order valence-corrected chi connectivity index (χ4v) is 2.55. The summed E-state index contributed by atoms with van der Waals surface area (Å²) >= 11 is 0. The molecule has 2 rings (SSSR count). The van der Waals surface area contributed by atoms with Crippen molar-refractivity contribution >= 4 is 11.5 Å². The number of piperidine rings is 1. The molecule has 3 N–H and O–H groups in total. The van der Waals surface area contributed by atoms with E-state index in [9.17, 15) is 0 Å². The number of nitrogens with zero attached hydrogens (tertiary/aromatic N) is 3. The van der Waals surface area contributed by atoms with Crippen LogP contribution < -0.4 is 15.9 Å². The average Bonchev–Trinajstić information content (AvgIpc) is 2.37. The van der Waals surface area contributed by atoms with Crippen LogP contribution in [0.25, 0.3) is 0 Å². The number of nitrogen functional groups attached to an aromatic ring is 1. The van der Waals surface area contributed by atoms with Crippen molar-refractivity contribution in [1.29, 1.82) is 0 Å². The van der Waals surface area contributed by atoms with Gasteiger partial charge in [-0.1, -0.05) is 6.42 Å². The molecule has 0 bridgehead atoms. The van der Waals surface area contributed by atoms with Crippen molar-refractivity contribution in [1.82, 2.24) is 15.0 Å². The van der Waals surface area contributed by atoms with Crippen molar-refractivity contribution in [3.05, 3.63) is 6.33 Å². The minimum atomic E-state index is 0.0351. The molecule has 2 atom stereocenters. The van der Waals surface area contributed by atoms with E-state index >= 15 is 0 Å². The number of aromatic nitrogens is 2. The Hall–Kier alpha value is -1.56. The average molecular weight is 279 g/mol. The molecule has 0 radical (unpaired) electrons. The lowest BCUT2D eigenvalue weighted by Gasteiger charge is -2.39. The molecule has 1 aliphatic heterocycles. The fraction of sp³-hybridized carbons (Fsp3) is 0.714.